The van der Waals surface area contributed by atoms with Gasteiger partial charge in [-0.25, -0.2) is 0 Å². The zero-order chi connectivity index (χ0) is 6.69. The zero-order valence-electron chi connectivity index (χ0n) is 4.91. The van der Waals surface area contributed by atoms with Crippen LogP contribution in [-0.2, 0) is 0 Å². The predicted octanol–water partition coefficient (Wildman–Crippen LogP) is -0.494. The smallest absolute Gasteiger partial charge is 0.328 e. The molecule has 0 saturated heterocycles. The predicted molar refractivity (Wildman–Crippen MR) is 38.5 cm³/mol. The Morgan fingerprint density at radius 1 is 1.33 bits per heavy atom. The van der Waals surface area contributed by atoms with Crippen molar-refractivity contribution in [2.24, 2.45) is 0 Å². The fourth-order valence-corrected chi connectivity index (χ4v) is 0.628. The van der Waals surface area contributed by atoms with Gasteiger partial charge >= 0.3 is 7.48 Å². The van der Waals surface area contributed by atoms with E-state index >= 15 is 0 Å². The minimum absolute atomic E-state index is 0.597. The van der Waals surface area contributed by atoms with E-state index in [0.29, 0.717) is 11.2 Å². The van der Waals surface area contributed by atoms with Crippen LogP contribution in [0.25, 0.3) is 0 Å². The molecule has 2 nitrogen and oxygen atoms in total. The summed E-state index contributed by atoms with van der Waals surface area (Å²) >= 11 is 0. The van der Waals surface area contributed by atoms with Crippen molar-refractivity contribution < 1.29 is 5.02 Å². The van der Waals surface area contributed by atoms with E-state index in [-0.39, 0.29) is 0 Å². The average molecular weight is 120 g/mol. The van der Waals surface area contributed by atoms with Crippen LogP contribution >= 0.6 is 0 Å². The number of hydrogen-bond acceptors (Lipinski definition) is 2. The maximum atomic E-state index is 8.51. The Morgan fingerprint density at radius 3 is 2.44 bits per heavy atom. The minimum atomic E-state index is 0.597. The summed E-state index contributed by atoms with van der Waals surface area (Å²) in [4.78, 5) is 0. The molecule has 1 radical (unpaired) electrons. The number of rotatable bonds is 1. The van der Waals surface area contributed by atoms with Crippen molar-refractivity contribution in [1.29, 1.82) is 0 Å². The van der Waals surface area contributed by atoms with Crippen molar-refractivity contribution in [2.45, 2.75) is 0 Å². The number of benzene rings is 1. The molecule has 3 heteroatoms. The fourth-order valence-electron chi connectivity index (χ4n) is 0.628. The molecule has 1 aromatic rings. The maximum absolute atomic E-state index is 8.51. The van der Waals surface area contributed by atoms with Crippen LogP contribution in [0, 0.1) is 0 Å². The molecule has 0 aliphatic carbocycles. The first-order valence-electron chi connectivity index (χ1n) is 2.66. The summed E-state index contributed by atoms with van der Waals surface area (Å²) in [5, 5.41) is 8.51. The van der Waals surface area contributed by atoms with Crippen LogP contribution < -0.4 is 11.2 Å². The van der Waals surface area contributed by atoms with Gasteiger partial charge in [0.1, 0.15) is 0 Å². The first-order chi connectivity index (χ1) is 4.34. The van der Waals surface area contributed by atoms with Gasteiger partial charge in [-0.3, -0.25) is 0 Å². The van der Waals surface area contributed by atoms with E-state index in [4.69, 9.17) is 10.8 Å². The summed E-state index contributed by atoms with van der Waals surface area (Å²) in [5.74, 6) is 0. The second-order valence-electron chi connectivity index (χ2n) is 1.76. The van der Waals surface area contributed by atoms with Crippen LogP contribution in [0.5, 0.6) is 0 Å². The first-order valence-corrected chi connectivity index (χ1v) is 2.66. The number of para-hydroxylation sites is 1. The number of nitrogen functional groups attached to an aromatic ring is 1. The Kier molecular flexibility index (Phi) is 1.75. The van der Waals surface area contributed by atoms with Gasteiger partial charge in [-0.2, -0.15) is 0 Å². The number of hydrogen-bond donors (Lipinski definition) is 2. The quantitative estimate of drug-likeness (QED) is 0.387. The molecule has 1 rings (SSSR count). The molecule has 0 saturated carbocycles. The largest absolute Gasteiger partial charge is 0.450 e. The summed E-state index contributed by atoms with van der Waals surface area (Å²) in [5.41, 5.74) is 6.70. The van der Waals surface area contributed by atoms with Crippen LogP contribution in [0.1, 0.15) is 0 Å². The number of nitrogens with two attached hydrogens (primary N) is 1. The molecule has 3 N–H and O–H groups in total. The van der Waals surface area contributed by atoms with E-state index in [1.807, 2.05) is 12.1 Å². The molecule has 0 aliphatic rings. The van der Waals surface area contributed by atoms with E-state index in [1.54, 1.807) is 12.1 Å². The molecule has 0 spiro atoms. The van der Waals surface area contributed by atoms with Crippen molar-refractivity contribution in [3.8, 4) is 0 Å². The second-order valence-corrected chi connectivity index (χ2v) is 1.76. The average Bonchev–Trinajstić information content (AvgIpc) is 1.89. The van der Waals surface area contributed by atoms with Crippen molar-refractivity contribution in [3.05, 3.63) is 24.3 Å². The Balaban J connectivity index is 3.01. The highest BCUT2D eigenvalue weighted by Gasteiger charge is 1.94. The van der Waals surface area contributed by atoms with Crippen LogP contribution in [-0.4, -0.2) is 12.5 Å². The summed E-state index contributed by atoms with van der Waals surface area (Å²) < 4.78 is 0. The van der Waals surface area contributed by atoms with Gasteiger partial charge in [-0.05, 0) is 11.5 Å². The Labute approximate surface area is 54.6 Å². The highest BCUT2D eigenvalue weighted by Crippen LogP contribution is 1.93. The lowest BCUT2D eigenvalue weighted by Gasteiger charge is -1.96. The molecule has 0 heterocycles. The summed E-state index contributed by atoms with van der Waals surface area (Å²) in [6.07, 6.45) is 0. The minimum Gasteiger partial charge on any atom is -0.450 e. The molecule has 0 aromatic heterocycles. The Bertz CT molecular complexity index is 202. The number of anilines is 1. The topological polar surface area (TPSA) is 46.2 Å². The van der Waals surface area contributed by atoms with E-state index in [9.17, 15) is 0 Å². The summed E-state index contributed by atoms with van der Waals surface area (Å²) in [6, 6.07) is 7.12. The van der Waals surface area contributed by atoms with Gasteiger partial charge in [0.25, 0.3) is 0 Å². The van der Waals surface area contributed by atoms with Crippen molar-refractivity contribution in [1.82, 2.24) is 0 Å². The second kappa shape index (κ2) is 2.55. The third-order valence-corrected chi connectivity index (χ3v) is 1.14. The SMILES string of the molecule is Nc1ccccc1[B]O. The zero-order valence-corrected chi connectivity index (χ0v) is 4.91. The van der Waals surface area contributed by atoms with Gasteiger partial charge in [0.15, 0.2) is 0 Å². The van der Waals surface area contributed by atoms with Gasteiger partial charge in [0, 0.05) is 5.69 Å². The van der Waals surface area contributed by atoms with Crippen molar-refractivity contribution in [2.75, 3.05) is 5.73 Å². The third kappa shape index (κ3) is 1.24. The first kappa shape index (κ1) is 6.17. The summed E-state index contributed by atoms with van der Waals surface area (Å²) in [7, 11) is 0.995. The molecule has 0 amide bonds. The van der Waals surface area contributed by atoms with Crippen molar-refractivity contribution in [3.63, 3.8) is 0 Å². The molecular formula is C6H7BNO. The highest BCUT2D eigenvalue weighted by molar-refractivity contribution is 6.47. The molecule has 0 unspecified atom stereocenters. The van der Waals surface area contributed by atoms with Gasteiger partial charge < -0.3 is 10.8 Å². The van der Waals surface area contributed by atoms with E-state index < -0.39 is 0 Å². The van der Waals surface area contributed by atoms with Gasteiger partial charge in [-0.1, -0.05) is 18.2 Å². The fraction of sp³-hybridized carbons (Fsp3) is 0. The lowest BCUT2D eigenvalue weighted by atomic mass is 9.87. The normalized spacial score (nSPS) is 9.00. The van der Waals surface area contributed by atoms with Crippen LogP contribution in [0.15, 0.2) is 24.3 Å². The lowest BCUT2D eigenvalue weighted by molar-refractivity contribution is 0.615. The van der Waals surface area contributed by atoms with E-state index in [1.165, 1.54) is 0 Å². The Morgan fingerprint density at radius 2 is 2.00 bits per heavy atom. The van der Waals surface area contributed by atoms with Crippen LogP contribution in [0.2, 0.25) is 0 Å². The monoisotopic (exact) mass is 120 g/mol. The van der Waals surface area contributed by atoms with Gasteiger partial charge in [0.2, 0.25) is 0 Å². The van der Waals surface area contributed by atoms with Gasteiger partial charge in [0.05, 0.1) is 0 Å². The lowest BCUT2D eigenvalue weighted by Crippen LogP contribution is -2.17. The maximum Gasteiger partial charge on any atom is 0.328 e. The highest BCUT2D eigenvalue weighted by atomic mass is 16.2. The Hall–Kier alpha value is -0.955. The molecule has 45 valence electrons. The van der Waals surface area contributed by atoms with E-state index in [0.717, 1.165) is 7.48 Å². The van der Waals surface area contributed by atoms with Gasteiger partial charge in [-0.15, -0.1) is 0 Å². The van der Waals surface area contributed by atoms with Crippen LogP contribution in [0.3, 0.4) is 0 Å². The molecule has 0 bridgehead atoms. The third-order valence-electron chi connectivity index (χ3n) is 1.14. The standard InChI is InChI=1S/C6H7BNO/c8-6-4-2-1-3-5(6)7-9/h1-4,9H,8H2. The van der Waals surface area contributed by atoms with Crippen molar-refractivity contribution >= 4 is 18.6 Å². The molecule has 9 heavy (non-hydrogen) atoms. The molecule has 0 aliphatic heterocycles. The summed E-state index contributed by atoms with van der Waals surface area (Å²) in [6.45, 7) is 0. The van der Waals surface area contributed by atoms with E-state index in [2.05, 4.69) is 0 Å². The molecule has 0 atom stereocenters. The molecule has 1 aromatic carbocycles. The molecular weight excluding hydrogens is 113 g/mol. The van der Waals surface area contributed by atoms with Crippen LogP contribution in [0.4, 0.5) is 5.69 Å². The molecule has 0 fully saturated rings.